The van der Waals surface area contributed by atoms with Crippen LogP contribution in [0.1, 0.15) is 12.8 Å². The van der Waals surface area contributed by atoms with Crippen LogP contribution in [-0.4, -0.2) is 43.6 Å². The van der Waals surface area contributed by atoms with E-state index in [1.807, 2.05) is 0 Å². The summed E-state index contributed by atoms with van der Waals surface area (Å²) in [4.78, 5) is 0. The number of aliphatic hydroxyl groups is 1. The highest BCUT2D eigenvalue weighted by atomic mass is 35.5. The first-order chi connectivity index (χ1) is 9.24. The monoisotopic (exact) mass is 305 g/mol. The molecule has 1 saturated heterocycles. The van der Waals surface area contributed by atoms with Crippen LogP contribution in [-0.2, 0) is 4.74 Å². The Bertz CT molecular complexity index is 371. The van der Waals surface area contributed by atoms with Crippen LogP contribution in [0.5, 0.6) is 5.75 Å². The first-order valence-corrected chi connectivity index (χ1v) is 6.61. The lowest BCUT2D eigenvalue weighted by Gasteiger charge is -2.24. The largest absolute Gasteiger partial charge is 0.491 e. The molecule has 1 aromatic carbocycles. The number of benzene rings is 1. The molecule has 0 amide bonds. The van der Waals surface area contributed by atoms with Gasteiger partial charge in [-0.2, -0.15) is 0 Å². The third-order valence-electron chi connectivity index (χ3n) is 3.12. The van der Waals surface area contributed by atoms with Gasteiger partial charge in [0, 0.05) is 25.8 Å². The molecule has 0 bridgehead atoms. The van der Waals surface area contributed by atoms with Crippen molar-refractivity contribution >= 4 is 12.4 Å². The van der Waals surface area contributed by atoms with Crippen LogP contribution in [0.25, 0.3) is 0 Å². The summed E-state index contributed by atoms with van der Waals surface area (Å²) in [6.45, 7) is 2.24. The molecule has 1 aromatic rings. The van der Waals surface area contributed by atoms with Gasteiger partial charge >= 0.3 is 0 Å². The van der Waals surface area contributed by atoms with E-state index in [1.165, 1.54) is 12.1 Å². The molecule has 20 heavy (non-hydrogen) atoms. The Morgan fingerprint density at radius 1 is 1.30 bits per heavy atom. The van der Waals surface area contributed by atoms with E-state index in [2.05, 4.69) is 5.32 Å². The summed E-state index contributed by atoms with van der Waals surface area (Å²) in [6.07, 6.45) is 1.38. The summed E-state index contributed by atoms with van der Waals surface area (Å²) in [5.41, 5.74) is 0. The highest BCUT2D eigenvalue weighted by molar-refractivity contribution is 5.85. The number of nitrogens with one attached hydrogen (secondary N) is 1. The topological polar surface area (TPSA) is 50.7 Å². The second kappa shape index (κ2) is 9.13. The second-order valence-corrected chi connectivity index (χ2v) is 4.71. The van der Waals surface area contributed by atoms with Gasteiger partial charge in [-0.15, -0.1) is 12.4 Å². The lowest BCUT2D eigenvalue weighted by molar-refractivity contribution is 0.0655. The van der Waals surface area contributed by atoms with Gasteiger partial charge in [0.05, 0.1) is 0 Å². The van der Waals surface area contributed by atoms with Crippen molar-refractivity contribution in [3.8, 4) is 5.75 Å². The Balaban J connectivity index is 0.00000200. The van der Waals surface area contributed by atoms with Crippen molar-refractivity contribution in [1.29, 1.82) is 0 Å². The molecule has 1 heterocycles. The molecule has 6 heteroatoms. The van der Waals surface area contributed by atoms with E-state index in [9.17, 15) is 9.50 Å². The molecular formula is C14H21ClFNO3. The molecular weight excluding hydrogens is 285 g/mol. The fourth-order valence-electron chi connectivity index (χ4n) is 1.99. The highest BCUT2D eigenvalue weighted by Gasteiger charge is 2.14. The molecule has 0 aliphatic carbocycles. The zero-order valence-corrected chi connectivity index (χ0v) is 12.1. The molecule has 1 atom stereocenters. The van der Waals surface area contributed by atoms with Crippen LogP contribution < -0.4 is 10.1 Å². The standard InChI is InChI=1S/C14H20FNO3.ClH/c15-11-1-3-14(4-2-11)19-10-13(17)9-16-12-5-7-18-8-6-12;/h1-4,12-13,16-17H,5-10H2;1H. The van der Waals surface area contributed by atoms with Gasteiger partial charge in [-0.3, -0.25) is 0 Å². The Morgan fingerprint density at radius 3 is 2.60 bits per heavy atom. The molecule has 1 unspecified atom stereocenters. The average Bonchev–Trinajstić information content (AvgIpc) is 2.45. The SMILES string of the molecule is Cl.OC(CNC1CCOCC1)COc1ccc(F)cc1. The van der Waals surface area contributed by atoms with Crippen LogP contribution in [0, 0.1) is 5.82 Å². The number of hydrogen-bond acceptors (Lipinski definition) is 4. The number of hydrogen-bond donors (Lipinski definition) is 2. The second-order valence-electron chi connectivity index (χ2n) is 4.71. The number of rotatable bonds is 6. The summed E-state index contributed by atoms with van der Waals surface area (Å²) in [7, 11) is 0. The maximum absolute atomic E-state index is 12.7. The summed E-state index contributed by atoms with van der Waals surface area (Å²) < 4.78 is 23.3. The minimum atomic E-state index is -0.576. The van der Waals surface area contributed by atoms with Crippen molar-refractivity contribution < 1.29 is 19.0 Å². The smallest absolute Gasteiger partial charge is 0.123 e. The Labute approximate surface area is 124 Å². The minimum Gasteiger partial charge on any atom is -0.491 e. The highest BCUT2D eigenvalue weighted by Crippen LogP contribution is 2.11. The molecule has 0 spiro atoms. The zero-order chi connectivity index (χ0) is 13.5. The van der Waals surface area contributed by atoms with Crippen molar-refractivity contribution in [1.82, 2.24) is 5.32 Å². The van der Waals surface area contributed by atoms with Crippen molar-refractivity contribution in [3.63, 3.8) is 0 Å². The molecule has 0 radical (unpaired) electrons. The van der Waals surface area contributed by atoms with Gasteiger partial charge in [0.1, 0.15) is 24.3 Å². The molecule has 1 fully saturated rings. The normalized spacial score (nSPS) is 17.3. The summed E-state index contributed by atoms with van der Waals surface area (Å²) in [5.74, 6) is 0.264. The lowest BCUT2D eigenvalue weighted by atomic mass is 10.1. The predicted octanol–water partition coefficient (Wildman–Crippen LogP) is 1.76. The molecule has 0 aromatic heterocycles. The summed E-state index contributed by atoms with van der Waals surface area (Å²) in [6, 6.07) is 6.18. The Morgan fingerprint density at radius 2 is 1.95 bits per heavy atom. The first-order valence-electron chi connectivity index (χ1n) is 6.61. The third-order valence-corrected chi connectivity index (χ3v) is 3.12. The van der Waals surface area contributed by atoms with Gasteiger partial charge in [-0.25, -0.2) is 4.39 Å². The van der Waals surface area contributed by atoms with E-state index < -0.39 is 6.10 Å². The van der Waals surface area contributed by atoms with Gasteiger partial charge in [0.15, 0.2) is 0 Å². The van der Waals surface area contributed by atoms with E-state index in [0.717, 1.165) is 26.1 Å². The maximum Gasteiger partial charge on any atom is 0.123 e. The van der Waals surface area contributed by atoms with Crippen LogP contribution in [0.15, 0.2) is 24.3 Å². The third kappa shape index (κ3) is 6.05. The molecule has 114 valence electrons. The summed E-state index contributed by atoms with van der Waals surface area (Å²) >= 11 is 0. The zero-order valence-electron chi connectivity index (χ0n) is 11.3. The van der Waals surface area contributed by atoms with E-state index >= 15 is 0 Å². The predicted molar refractivity (Wildman–Crippen MR) is 77.0 cm³/mol. The van der Waals surface area contributed by atoms with Crippen LogP contribution in [0.4, 0.5) is 4.39 Å². The summed E-state index contributed by atoms with van der Waals surface area (Å²) in [5, 5.41) is 13.1. The quantitative estimate of drug-likeness (QED) is 0.841. The minimum absolute atomic E-state index is 0. The molecule has 0 saturated carbocycles. The van der Waals surface area contributed by atoms with Crippen LogP contribution in [0.3, 0.4) is 0 Å². The molecule has 1 aliphatic heterocycles. The van der Waals surface area contributed by atoms with Gasteiger partial charge in [-0.05, 0) is 37.1 Å². The number of aliphatic hydroxyl groups excluding tert-OH is 1. The maximum atomic E-state index is 12.7. The van der Waals surface area contributed by atoms with Crippen LogP contribution in [0.2, 0.25) is 0 Å². The lowest BCUT2D eigenvalue weighted by Crippen LogP contribution is -2.40. The molecule has 4 nitrogen and oxygen atoms in total. The van der Waals surface area contributed by atoms with Gasteiger partial charge in [-0.1, -0.05) is 0 Å². The van der Waals surface area contributed by atoms with Crippen molar-refractivity contribution in [2.24, 2.45) is 0 Å². The fraction of sp³-hybridized carbons (Fsp3) is 0.571. The molecule has 1 aliphatic rings. The van der Waals surface area contributed by atoms with E-state index in [0.29, 0.717) is 18.3 Å². The molecule has 2 rings (SSSR count). The van der Waals surface area contributed by atoms with Crippen molar-refractivity contribution in [2.75, 3.05) is 26.4 Å². The fourth-order valence-corrected chi connectivity index (χ4v) is 1.99. The van der Waals surface area contributed by atoms with Crippen molar-refractivity contribution in [3.05, 3.63) is 30.1 Å². The number of ether oxygens (including phenoxy) is 2. The Kier molecular flexibility index (Phi) is 7.84. The number of halogens is 2. The molecule has 2 N–H and O–H groups in total. The van der Waals surface area contributed by atoms with Crippen molar-refractivity contribution in [2.45, 2.75) is 25.0 Å². The average molecular weight is 306 g/mol. The van der Waals surface area contributed by atoms with Gasteiger partial charge in [0.2, 0.25) is 0 Å². The Hall–Kier alpha value is -0.880. The van der Waals surface area contributed by atoms with E-state index in [4.69, 9.17) is 9.47 Å². The van der Waals surface area contributed by atoms with E-state index in [-0.39, 0.29) is 24.8 Å². The first kappa shape index (κ1) is 17.2. The van der Waals surface area contributed by atoms with Crippen LogP contribution >= 0.6 is 12.4 Å². The van der Waals surface area contributed by atoms with Gasteiger partial charge < -0.3 is 19.9 Å². The van der Waals surface area contributed by atoms with E-state index in [1.54, 1.807) is 12.1 Å². The van der Waals surface area contributed by atoms with Gasteiger partial charge in [0.25, 0.3) is 0 Å².